The van der Waals surface area contributed by atoms with Crippen molar-refractivity contribution in [2.24, 2.45) is 0 Å². The summed E-state index contributed by atoms with van der Waals surface area (Å²) in [6, 6.07) is 0.911. The van der Waals surface area contributed by atoms with Crippen LogP contribution in [0.15, 0.2) is 6.07 Å². The summed E-state index contributed by atoms with van der Waals surface area (Å²) >= 11 is 11.7. The Balaban J connectivity index is 2.14. The summed E-state index contributed by atoms with van der Waals surface area (Å²) in [7, 11) is 0. The average Bonchev–Trinajstić information content (AvgIpc) is 2.94. The van der Waals surface area contributed by atoms with E-state index in [1.165, 1.54) is 11.0 Å². The number of hydrogen-bond acceptors (Lipinski definition) is 3. The second kappa shape index (κ2) is 5.89. The summed E-state index contributed by atoms with van der Waals surface area (Å²) in [5.41, 5.74) is -0.298. The second-order valence-corrected chi connectivity index (χ2v) is 6.82. The number of H-pyrrole nitrogens is 1. The topological polar surface area (TPSA) is 62.4 Å². The van der Waals surface area contributed by atoms with E-state index < -0.39 is 11.6 Å². The van der Waals surface area contributed by atoms with Crippen LogP contribution in [0.1, 0.15) is 44.1 Å². The minimum atomic E-state index is -0.576. The molecular formula is C14H18Cl2N2O3. The first-order chi connectivity index (χ1) is 9.69. The maximum absolute atomic E-state index is 12.5. The van der Waals surface area contributed by atoms with Crippen molar-refractivity contribution in [3.05, 3.63) is 21.9 Å². The van der Waals surface area contributed by atoms with Crippen LogP contribution >= 0.6 is 23.2 Å². The lowest BCUT2D eigenvalue weighted by Crippen LogP contribution is -2.43. The van der Waals surface area contributed by atoms with Crippen molar-refractivity contribution in [3.63, 3.8) is 0 Å². The zero-order valence-corrected chi connectivity index (χ0v) is 13.7. The van der Waals surface area contributed by atoms with Gasteiger partial charge in [0, 0.05) is 6.54 Å². The summed E-state index contributed by atoms with van der Waals surface area (Å²) in [6.45, 7) is 5.92. The van der Waals surface area contributed by atoms with Crippen LogP contribution in [0.4, 0.5) is 0 Å². The molecule has 1 saturated heterocycles. The third-order valence-electron chi connectivity index (χ3n) is 3.15. The van der Waals surface area contributed by atoms with Crippen molar-refractivity contribution in [1.29, 1.82) is 0 Å². The minimum absolute atomic E-state index is 0.216. The lowest BCUT2D eigenvalue weighted by atomic mass is 10.1. The highest BCUT2D eigenvalue weighted by Gasteiger charge is 2.37. The molecule has 1 N–H and O–H groups in total. The van der Waals surface area contributed by atoms with Gasteiger partial charge in [0.1, 0.15) is 22.5 Å². The summed E-state index contributed by atoms with van der Waals surface area (Å²) in [5.74, 6) is -0.672. The van der Waals surface area contributed by atoms with Gasteiger partial charge in [-0.2, -0.15) is 0 Å². The molecule has 1 aromatic heterocycles. The number of amides is 1. The standard InChI is InChI=1S/C14H18Cl2N2O3/c1-14(2,3)21-13(20)10-5-4-6-18(10)12(19)9-7-8(15)11(16)17-9/h7,10,17H,4-6H2,1-3H3/t10-/m0/s1. The lowest BCUT2D eigenvalue weighted by molar-refractivity contribution is -0.159. The van der Waals surface area contributed by atoms with Crippen LogP contribution in [0.5, 0.6) is 0 Å². The van der Waals surface area contributed by atoms with Crippen LogP contribution in [0.3, 0.4) is 0 Å². The van der Waals surface area contributed by atoms with Crippen LogP contribution < -0.4 is 0 Å². The van der Waals surface area contributed by atoms with E-state index in [2.05, 4.69) is 4.98 Å². The number of aromatic amines is 1. The third kappa shape index (κ3) is 3.71. The van der Waals surface area contributed by atoms with Crippen LogP contribution in [0, 0.1) is 0 Å². The molecule has 0 radical (unpaired) electrons. The third-order valence-corrected chi connectivity index (χ3v) is 3.84. The van der Waals surface area contributed by atoms with Gasteiger partial charge in [-0.05, 0) is 39.7 Å². The van der Waals surface area contributed by atoms with Gasteiger partial charge in [0.15, 0.2) is 0 Å². The highest BCUT2D eigenvalue weighted by Crippen LogP contribution is 2.26. The predicted molar refractivity (Wildman–Crippen MR) is 80.7 cm³/mol. The van der Waals surface area contributed by atoms with Gasteiger partial charge in [0.25, 0.3) is 5.91 Å². The smallest absolute Gasteiger partial charge is 0.329 e. The minimum Gasteiger partial charge on any atom is -0.458 e. The average molecular weight is 333 g/mol. The van der Waals surface area contributed by atoms with Crippen molar-refractivity contribution in [3.8, 4) is 0 Å². The molecule has 0 aromatic carbocycles. The van der Waals surface area contributed by atoms with Crippen molar-refractivity contribution in [1.82, 2.24) is 9.88 Å². The van der Waals surface area contributed by atoms with Gasteiger partial charge in [-0.1, -0.05) is 23.2 Å². The number of carbonyl (C=O) groups excluding carboxylic acids is 2. The molecule has 2 heterocycles. The molecule has 21 heavy (non-hydrogen) atoms. The van der Waals surface area contributed by atoms with Crippen molar-refractivity contribution >= 4 is 35.1 Å². The second-order valence-electron chi connectivity index (χ2n) is 6.03. The number of aromatic nitrogens is 1. The zero-order valence-electron chi connectivity index (χ0n) is 12.2. The first-order valence-electron chi connectivity index (χ1n) is 6.77. The Labute approximate surface area is 133 Å². The molecule has 0 spiro atoms. The monoisotopic (exact) mass is 332 g/mol. The number of nitrogens with zero attached hydrogens (tertiary/aromatic N) is 1. The van der Waals surface area contributed by atoms with E-state index in [0.29, 0.717) is 13.0 Å². The van der Waals surface area contributed by atoms with Gasteiger partial charge in [-0.3, -0.25) is 4.79 Å². The Morgan fingerprint density at radius 3 is 2.57 bits per heavy atom. The van der Waals surface area contributed by atoms with E-state index in [-0.39, 0.29) is 27.7 Å². The normalized spacial score (nSPS) is 18.9. The molecule has 1 atom stereocenters. The molecule has 0 bridgehead atoms. The molecule has 1 fully saturated rings. The largest absolute Gasteiger partial charge is 0.458 e. The molecule has 0 saturated carbocycles. The van der Waals surface area contributed by atoms with E-state index in [0.717, 1.165) is 6.42 Å². The number of carbonyl (C=O) groups is 2. The van der Waals surface area contributed by atoms with E-state index in [1.54, 1.807) is 20.8 Å². The Morgan fingerprint density at radius 1 is 1.38 bits per heavy atom. The lowest BCUT2D eigenvalue weighted by Gasteiger charge is -2.27. The summed E-state index contributed by atoms with van der Waals surface area (Å²) in [4.78, 5) is 28.9. The Bertz CT molecular complexity index is 544. The van der Waals surface area contributed by atoms with E-state index in [9.17, 15) is 9.59 Å². The number of hydrogen-bond donors (Lipinski definition) is 1. The SMILES string of the molecule is CC(C)(C)OC(=O)[C@@H]1CCCN1C(=O)c1cc(Cl)c(Cl)[nH]1. The number of likely N-dealkylation sites (tertiary alicyclic amines) is 1. The summed E-state index contributed by atoms with van der Waals surface area (Å²) in [5, 5.41) is 0.501. The number of ether oxygens (including phenoxy) is 1. The summed E-state index contributed by atoms with van der Waals surface area (Å²) in [6.07, 6.45) is 1.36. The van der Waals surface area contributed by atoms with Gasteiger partial charge in [0.05, 0.1) is 5.02 Å². The molecule has 0 aliphatic carbocycles. The summed E-state index contributed by atoms with van der Waals surface area (Å²) < 4.78 is 5.37. The molecule has 0 unspecified atom stereocenters. The molecule has 2 rings (SSSR count). The predicted octanol–water partition coefficient (Wildman–Crippen LogP) is 3.27. The van der Waals surface area contributed by atoms with Gasteiger partial charge in [-0.25, -0.2) is 4.79 Å². The highest BCUT2D eigenvalue weighted by atomic mass is 35.5. The van der Waals surface area contributed by atoms with Gasteiger partial charge in [0.2, 0.25) is 0 Å². The van der Waals surface area contributed by atoms with E-state index in [4.69, 9.17) is 27.9 Å². The molecule has 116 valence electrons. The van der Waals surface area contributed by atoms with Crippen molar-refractivity contribution < 1.29 is 14.3 Å². The number of nitrogens with one attached hydrogen (secondary N) is 1. The quantitative estimate of drug-likeness (QED) is 0.845. The fourth-order valence-electron chi connectivity index (χ4n) is 2.30. The number of rotatable bonds is 2. The Morgan fingerprint density at radius 2 is 2.05 bits per heavy atom. The first-order valence-corrected chi connectivity index (χ1v) is 7.52. The van der Waals surface area contributed by atoms with Crippen molar-refractivity contribution in [2.75, 3.05) is 6.54 Å². The van der Waals surface area contributed by atoms with Crippen molar-refractivity contribution in [2.45, 2.75) is 45.3 Å². The number of esters is 1. The first kappa shape index (κ1) is 16.2. The van der Waals surface area contributed by atoms with Gasteiger partial charge < -0.3 is 14.6 Å². The molecular weight excluding hydrogens is 315 g/mol. The van der Waals surface area contributed by atoms with Crippen LogP contribution in [-0.4, -0.2) is 39.9 Å². The zero-order chi connectivity index (χ0) is 15.8. The van der Waals surface area contributed by atoms with Crippen LogP contribution in [-0.2, 0) is 9.53 Å². The fourth-order valence-corrected chi connectivity index (χ4v) is 2.61. The Hall–Kier alpha value is -1.20. The fraction of sp³-hybridized carbons (Fsp3) is 0.571. The molecule has 7 heteroatoms. The Kier molecular flexibility index (Phi) is 4.54. The van der Waals surface area contributed by atoms with Crippen LogP contribution in [0.2, 0.25) is 10.2 Å². The molecule has 1 aromatic rings. The van der Waals surface area contributed by atoms with Gasteiger partial charge >= 0.3 is 5.97 Å². The van der Waals surface area contributed by atoms with E-state index >= 15 is 0 Å². The maximum Gasteiger partial charge on any atom is 0.329 e. The molecule has 5 nitrogen and oxygen atoms in total. The molecule has 1 aliphatic heterocycles. The van der Waals surface area contributed by atoms with Gasteiger partial charge in [-0.15, -0.1) is 0 Å². The highest BCUT2D eigenvalue weighted by molar-refractivity contribution is 6.41. The van der Waals surface area contributed by atoms with E-state index in [1.807, 2.05) is 0 Å². The molecule has 1 amide bonds. The number of halogens is 2. The molecule has 1 aliphatic rings. The van der Waals surface area contributed by atoms with Crippen LogP contribution in [0.25, 0.3) is 0 Å². The maximum atomic E-state index is 12.5.